The molecule has 1 saturated heterocycles. The molecule has 1 aliphatic rings. The van der Waals surface area contributed by atoms with Gasteiger partial charge < -0.3 is 5.11 Å². The average molecular weight is 314 g/mol. The molecular weight excluding hydrogens is 295 g/mol. The highest BCUT2D eigenvalue weighted by molar-refractivity contribution is 5.75. The summed E-state index contributed by atoms with van der Waals surface area (Å²) in [6.07, 6.45) is 4.10. The molecule has 1 N–H and O–H groups in total. The normalized spacial score (nSPS) is 22.9. The average Bonchev–Trinajstić information content (AvgIpc) is 2.91. The number of halogens is 1. The van der Waals surface area contributed by atoms with Crippen LogP contribution in [0, 0.1) is 5.82 Å². The van der Waals surface area contributed by atoms with E-state index >= 15 is 0 Å². The van der Waals surface area contributed by atoms with Crippen molar-refractivity contribution in [3.05, 3.63) is 65.7 Å². The Bertz CT molecular complexity index is 675. The van der Waals surface area contributed by atoms with Gasteiger partial charge in [-0.15, -0.1) is 0 Å². The Kier molecular flexibility index (Phi) is 4.39. The molecular formula is C18H19FN2O2. The van der Waals surface area contributed by atoms with Gasteiger partial charge >= 0.3 is 5.97 Å². The molecule has 120 valence electrons. The highest BCUT2D eigenvalue weighted by Crippen LogP contribution is 2.37. The van der Waals surface area contributed by atoms with Gasteiger partial charge in [0.1, 0.15) is 11.9 Å². The Morgan fingerprint density at radius 3 is 2.70 bits per heavy atom. The second-order valence-electron chi connectivity index (χ2n) is 6.06. The highest BCUT2D eigenvalue weighted by atomic mass is 19.1. The Morgan fingerprint density at radius 2 is 2.09 bits per heavy atom. The van der Waals surface area contributed by atoms with Crippen molar-refractivity contribution in [3.8, 4) is 0 Å². The second-order valence-corrected chi connectivity index (χ2v) is 6.06. The van der Waals surface area contributed by atoms with Gasteiger partial charge in [0.2, 0.25) is 0 Å². The zero-order valence-corrected chi connectivity index (χ0v) is 12.9. The molecule has 1 fully saturated rings. The first-order valence-corrected chi connectivity index (χ1v) is 7.70. The minimum Gasteiger partial charge on any atom is -0.480 e. The van der Waals surface area contributed by atoms with Gasteiger partial charge in [-0.3, -0.25) is 14.7 Å². The molecule has 0 spiro atoms. The van der Waals surface area contributed by atoms with Crippen molar-refractivity contribution in [2.45, 2.75) is 31.3 Å². The summed E-state index contributed by atoms with van der Waals surface area (Å²) in [7, 11) is 0. The predicted octanol–water partition coefficient (Wildman–Crippen LogP) is 3.22. The first kappa shape index (κ1) is 15.6. The topological polar surface area (TPSA) is 53.4 Å². The zero-order valence-electron chi connectivity index (χ0n) is 12.9. The van der Waals surface area contributed by atoms with Crippen molar-refractivity contribution >= 4 is 5.97 Å². The number of hydrogen-bond acceptors (Lipinski definition) is 3. The number of carboxylic acids is 1. The van der Waals surface area contributed by atoms with Crippen LogP contribution in [0.4, 0.5) is 4.39 Å². The molecule has 3 rings (SSSR count). The molecule has 0 bridgehead atoms. The molecule has 1 aromatic carbocycles. The minimum atomic E-state index is -0.871. The molecule has 0 radical (unpaired) electrons. The lowest BCUT2D eigenvalue weighted by molar-refractivity contribution is -0.144. The number of rotatable bonds is 4. The lowest BCUT2D eigenvalue weighted by Crippen LogP contribution is -2.36. The molecule has 0 amide bonds. The van der Waals surface area contributed by atoms with Crippen LogP contribution in [0.3, 0.4) is 0 Å². The first-order chi connectivity index (χ1) is 11.1. The van der Waals surface area contributed by atoms with Gasteiger partial charge in [0.05, 0.1) is 0 Å². The van der Waals surface area contributed by atoms with Gasteiger partial charge in [-0.05, 0) is 48.6 Å². The van der Waals surface area contributed by atoms with Crippen molar-refractivity contribution in [2.24, 2.45) is 0 Å². The van der Waals surface area contributed by atoms with Gasteiger partial charge in [-0.1, -0.05) is 18.2 Å². The van der Waals surface area contributed by atoms with Crippen molar-refractivity contribution in [2.75, 3.05) is 6.54 Å². The molecule has 4 nitrogen and oxygen atoms in total. The number of pyridine rings is 1. The third-order valence-corrected chi connectivity index (χ3v) is 4.53. The van der Waals surface area contributed by atoms with Crippen molar-refractivity contribution < 1.29 is 14.3 Å². The van der Waals surface area contributed by atoms with Crippen LogP contribution in [0.1, 0.15) is 36.4 Å². The number of aliphatic carboxylic acids is 1. The van der Waals surface area contributed by atoms with Crippen molar-refractivity contribution in [3.63, 3.8) is 0 Å². The van der Waals surface area contributed by atoms with Gasteiger partial charge in [0.15, 0.2) is 0 Å². The van der Waals surface area contributed by atoms with Crippen LogP contribution in [-0.4, -0.2) is 33.5 Å². The lowest BCUT2D eigenvalue weighted by Gasteiger charge is -2.28. The summed E-state index contributed by atoms with van der Waals surface area (Å²) >= 11 is 0. The van der Waals surface area contributed by atoms with Crippen LogP contribution in [0.25, 0.3) is 0 Å². The number of carbonyl (C=O) groups is 1. The maximum absolute atomic E-state index is 13.1. The van der Waals surface area contributed by atoms with E-state index in [1.54, 1.807) is 36.7 Å². The number of carboxylic acid groups (broad SMARTS) is 1. The van der Waals surface area contributed by atoms with Gasteiger partial charge in [0.25, 0.3) is 0 Å². The SMILES string of the molecule is CC1CC(c2ccc(F)cc2)CN1C(C(=O)O)c1cccnc1. The quantitative estimate of drug-likeness (QED) is 0.941. The molecule has 5 heteroatoms. The Hall–Kier alpha value is -2.27. The first-order valence-electron chi connectivity index (χ1n) is 7.70. The van der Waals surface area contributed by atoms with Crippen LogP contribution < -0.4 is 0 Å². The maximum atomic E-state index is 13.1. The second kappa shape index (κ2) is 6.46. The van der Waals surface area contributed by atoms with Crippen molar-refractivity contribution in [1.29, 1.82) is 0 Å². The summed E-state index contributed by atoms with van der Waals surface area (Å²) in [5, 5.41) is 9.68. The third kappa shape index (κ3) is 3.24. The molecule has 23 heavy (non-hydrogen) atoms. The number of nitrogens with zero attached hydrogens (tertiary/aromatic N) is 2. The van der Waals surface area contributed by atoms with Gasteiger partial charge in [-0.2, -0.15) is 0 Å². The molecule has 0 aliphatic carbocycles. The summed E-state index contributed by atoms with van der Waals surface area (Å²) in [6.45, 7) is 2.68. The number of aromatic nitrogens is 1. The molecule has 2 heterocycles. The highest BCUT2D eigenvalue weighted by Gasteiger charge is 2.38. The van der Waals surface area contributed by atoms with E-state index < -0.39 is 12.0 Å². The molecule has 2 aromatic rings. The summed E-state index contributed by atoms with van der Waals surface area (Å²) in [5.74, 6) is -0.913. The zero-order chi connectivity index (χ0) is 16.4. The fourth-order valence-corrected chi connectivity index (χ4v) is 3.41. The van der Waals surface area contributed by atoms with Crippen molar-refractivity contribution in [1.82, 2.24) is 9.88 Å². The molecule has 3 atom stereocenters. The summed E-state index contributed by atoms with van der Waals surface area (Å²) in [6, 6.07) is 9.46. The fraction of sp³-hybridized carbons (Fsp3) is 0.333. The molecule has 3 unspecified atom stereocenters. The monoisotopic (exact) mass is 314 g/mol. The standard InChI is InChI=1S/C18H19FN2O2/c1-12-9-15(13-4-6-16(19)7-5-13)11-21(12)17(18(22)23)14-3-2-8-20-10-14/h2-8,10,12,15,17H,9,11H2,1H3,(H,22,23). The van der Waals surface area contributed by atoms with E-state index in [2.05, 4.69) is 4.98 Å². The van der Waals surface area contributed by atoms with E-state index in [9.17, 15) is 14.3 Å². The van der Waals surface area contributed by atoms with E-state index in [0.717, 1.165) is 12.0 Å². The van der Waals surface area contributed by atoms with E-state index in [1.807, 2.05) is 11.8 Å². The van der Waals surface area contributed by atoms with Gasteiger partial charge in [0, 0.05) is 25.0 Å². The smallest absolute Gasteiger partial charge is 0.325 e. The maximum Gasteiger partial charge on any atom is 0.325 e. The summed E-state index contributed by atoms with van der Waals surface area (Å²) in [5.41, 5.74) is 1.74. The lowest BCUT2D eigenvalue weighted by atomic mass is 9.97. The number of likely N-dealkylation sites (tertiary alicyclic amines) is 1. The molecule has 1 aliphatic heterocycles. The Labute approximate surface area is 134 Å². The molecule has 0 saturated carbocycles. The van der Waals surface area contributed by atoms with Crippen LogP contribution in [0.2, 0.25) is 0 Å². The van der Waals surface area contributed by atoms with Crippen LogP contribution in [0.5, 0.6) is 0 Å². The molecule has 1 aromatic heterocycles. The number of hydrogen-bond donors (Lipinski definition) is 1. The van der Waals surface area contributed by atoms with Crippen LogP contribution in [0.15, 0.2) is 48.8 Å². The largest absolute Gasteiger partial charge is 0.480 e. The van der Waals surface area contributed by atoms with E-state index in [1.165, 1.54) is 12.1 Å². The van der Waals surface area contributed by atoms with E-state index in [0.29, 0.717) is 12.1 Å². The summed E-state index contributed by atoms with van der Waals surface area (Å²) < 4.78 is 13.1. The Balaban J connectivity index is 1.84. The van der Waals surface area contributed by atoms with Gasteiger partial charge in [-0.25, -0.2) is 4.39 Å². The van der Waals surface area contributed by atoms with Crippen LogP contribution >= 0.6 is 0 Å². The Morgan fingerprint density at radius 1 is 1.35 bits per heavy atom. The van der Waals surface area contributed by atoms with E-state index in [4.69, 9.17) is 0 Å². The van der Waals surface area contributed by atoms with E-state index in [-0.39, 0.29) is 17.8 Å². The fourth-order valence-electron chi connectivity index (χ4n) is 3.41. The number of benzene rings is 1. The third-order valence-electron chi connectivity index (χ3n) is 4.53. The van der Waals surface area contributed by atoms with Crippen LogP contribution in [-0.2, 0) is 4.79 Å². The minimum absolute atomic E-state index is 0.131. The summed E-state index contributed by atoms with van der Waals surface area (Å²) in [4.78, 5) is 17.8. The predicted molar refractivity (Wildman–Crippen MR) is 84.5 cm³/mol.